The van der Waals surface area contributed by atoms with Crippen molar-refractivity contribution < 1.29 is 17.6 Å². The molecule has 0 aliphatic heterocycles. The number of carbonyl (C=O) groups is 1. The molecule has 1 aromatic heterocycles. The van der Waals surface area contributed by atoms with Crippen molar-refractivity contribution in [2.75, 3.05) is 0 Å². The molecule has 2 unspecified atom stereocenters. The molecule has 0 spiro atoms. The molecule has 7 heteroatoms. The van der Waals surface area contributed by atoms with Crippen LogP contribution in [0.3, 0.4) is 0 Å². The van der Waals surface area contributed by atoms with Crippen LogP contribution < -0.4 is 5.32 Å². The Morgan fingerprint density at radius 2 is 2.18 bits per heavy atom. The predicted molar refractivity (Wildman–Crippen MR) is 61.5 cm³/mol. The van der Waals surface area contributed by atoms with Crippen molar-refractivity contribution >= 4 is 25.6 Å². The first-order valence-electron chi connectivity index (χ1n) is 5.15. The van der Waals surface area contributed by atoms with Gasteiger partial charge in [0.1, 0.15) is 10.7 Å². The van der Waals surface area contributed by atoms with Crippen molar-refractivity contribution in [3.63, 3.8) is 0 Å². The number of amides is 1. The smallest absolute Gasteiger partial charge is 0.287 e. The molecule has 1 aliphatic carbocycles. The third-order valence-electron chi connectivity index (χ3n) is 2.78. The average molecular weight is 278 g/mol. The third-order valence-corrected chi connectivity index (χ3v) is 4.21. The van der Waals surface area contributed by atoms with Crippen LogP contribution in [0.4, 0.5) is 0 Å². The van der Waals surface area contributed by atoms with Crippen LogP contribution >= 0.6 is 10.7 Å². The first-order valence-corrected chi connectivity index (χ1v) is 7.46. The van der Waals surface area contributed by atoms with Crippen LogP contribution in [0.2, 0.25) is 0 Å². The largest absolute Gasteiger partial charge is 0.455 e. The summed E-state index contributed by atoms with van der Waals surface area (Å²) in [7, 11) is 1.33. The second-order valence-electron chi connectivity index (χ2n) is 4.26. The zero-order chi connectivity index (χ0) is 12.8. The van der Waals surface area contributed by atoms with E-state index in [4.69, 9.17) is 15.1 Å². The molecule has 1 aliphatic rings. The lowest BCUT2D eigenvalue weighted by Crippen LogP contribution is -2.26. The molecule has 0 bridgehead atoms. The maximum Gasteiger partial charge on any atom is 0.287 e. The van der Waals surface area contributed by atoms with Crippen molar-refractivity contribution in [2.45, 2.75) is 31.2 Å². The summed E-state index contributed by atoms with van der Waals surface area (Å²) in [6.45, 7) is 3.47. The molecule has 2 atom stereocenters. The number of rotatable bonds is 3. The van der Waals surface area contributed by atoms with E-state index < -0.39 is 15.0 Å². The minimum Gasteiger partial charge on any atom is -0.455 e. The van der Waals surface area contributed by atoms with Crippen LogP contribution in [-0.4, -0.2) is 20.4 Å². The Bertz CT molecular complexity index is 563. The van der Waals surface area contributed by atoms with Crippen molar-refractivity contribution in [2.24, 2.45) is 5.92 Å². The Kier molecular flexibility index (Phi) is 2.95. The highest BCUT2D eigenvalue weighted by Gasteiger charge is 2.35. The fourth-order valence-electron chi connectivity index (χ4n) is 1.58. The summed E-state index contributed by atoms with van der Waals surface area (Å²) in [5.74, 6) is 0.148. The summed E-state index contributed by atoms with van der Waals surface area (Å²) in [6.07, 6.45) is 0.937. The molecular weight excluding hydrogens is 266 g/mol. The van der Waals surface area contributed by atoms with Gasteiger partial charge in [-0.05, 0) is 19.3 Å². The SMILES string of the molecule is Cc1oc(C(=O)NC2CC2C)cc1S(=O)(=O)Cl. The lowest BCUT2D eigenvalue weighted by Gasteiger charge is -1.99. The number of hydrogen-bond donors (Lipinski definition) is 1. The van der Waals surface area contributed by atoms with Gasteiger partial charge in [0, 0.05) is 22.8 Å². The van der Waals surface area contributed by atoms with Crippen molar-refractivity contribution in [3.05, 3.63) is 17.6 Å². The number of nitrogens with one attached hydrogen (secondary N) is 1. The number of halogens is 1. The molecule has 1 N–H and O–H groups in total. The molecule has 94 valence electrons. The average Bonchev–Trinajstić information content (AvgIpc) is 2.73. The minimum absolute atomic E-state index is 0.0270. The van der Waals surface area contributed by atoms with Gasteiger partial charge in [-0.2, -0.15) is 0 Å². The quantitative estimate of drug-likeness (QED) is 0.853. The van der Waals surface area contributed by atoms with Gasteiger partial charge in [-0.15, -0.1) is 0 Å². The Hall–Kier alpha value is -1.01. The van der Waals surface area contributed by atoms with E-state index >= 15 is 0 Å². The summed E-state index contributed by atoms with van der Waals surface area (Å²) < 4.78 is 27.4. The highest BCUT2D eigenvalue weighted by atomic mass is 35.7. The van der Waals surface area contributed by atoms with Gasteiger partial charge in [0.2, 0.25) is 0 Å². The van der Waals surface area contributed by atoms with Gasteiger partial charge in [-0.25, -0.2) is 8.42 Å². The highest BCUT2D eigenvalue weighted by Crippen LogP contribution is 2.30. The topological polar surface area (TPSA) is 76.4 Å². The lowest BCUT2D eigenvalue weighted by molar-refractivity contribution is 0.0920. The van der Waals surface area contributed by atoms with Crippen molar-refractivity contribution in [1.82, 2.24) is 5.32 Å². The first kappa shape index (κ1) is 12.4. The Labute approximate surface area is 104 Å². The van der Waals surface area contributed by atoms with Gasteiger partial charge in [0.05, 0.1) is 0 Å². The van der Waals surface area contributed by atoms with Gasteiger partial charge in [0.15, 0.2) is 5.76 Å². The summed E-state index contributed by atoms with van der Waals surface area (Å²) >= 11 is 0. The van der Waals surface area contributed by atoms with E-state index in [0.717, 1.165) is 12.5 Å². The number of aryl methyl sites for hydroxylation is 1. The van der Waals surface area contributed by atoms with E-state index in [0.29, 0.717) is 5.92 Å². The Balaban J connectivity index is 2.20. The molecule has 5 nitrogen and oxygen atoms in total. The van der Waals surface area contributed by atoms with E-state index in [1.807, 2.05) is 6.92 Å². The molecule has 0 saturated heterocycles. The van der Waals surface area contributed by atoms with Crippen LogP contribution in [-0.2, 0) is 9.05 Å². The van der Waals surface area contributed by atoms with Crippen LogP contribution in [0.15, 0.2) is 15.4 Å². The maximum atomic E-state index is 11.7. The number of hydrogen-bond acceptors (Lipinski definition) is 4. The first-order chi connectivity index (χ1) is 7.79. The fourth-order valence-corrected chi connectivity index (χ4v) is 2.67. The number of carbonyl (C=O) groups excluding carboxylic acids is 1. The van der Waals surface area contributed by atoms with Crippen molar-refractivity contribution in [1.29, 1.82) is 0 Å². The molecule has 1 amide bonds. The second kappa shape index (κ2) is 4.03. The van der Waals surface area contributed by atoms with Crippen LogP contribution in [0.25, 0.3) is 0 Å². The molecule has 2 rings (SSSR count). The predicted octanol–water partition coefficient (Wildman–Crippen LogP) is 1.65. The van der Waals surface area contributed by atoms with Crippen LogP contribution in [0.1, 0.15) is 29.7 Å². The molecule has 0 radical (unpaired) electrons. The minimum atomic E-state index is -3.87. The second-order valence-corrected chi connectivity index (χ2v) is 6.80. The summed E-state index contributed by atoms with van der Waals surface area (Å²) in [4.78, 5) is 11.5. The molecule has 0 aromatic carbocycles. The highest BCUT2D eigenvalue weighted by molar-refractivity contribution is 8.13. The Morgan fingerprint density at radius 3 is 2.59 bits per heavy atom. The van der Waals surface area contributed by atoms with Crippen LogP contribution in [0.5, 0.6) is 0 Å². The van der Waals surface area contributed by atoms with E-state index in [1.54, 1.807) is 0 Å². The van der Waals surface area contributed by atoms with Gasteiger partial charge >= 0.3 is 0 Å². The monoisotopic (exact) mass is 277 g/mol. The molecule has 1 aromatic rings. The molecule has 1 saturated carbocycles. The van der Waals surface area contributed by atoms with E-state index in [2.05, 4.69) is 5.32 Å². The van der Waals surface area contributed by atoms with Gasteiger partial charge < -0.3 is 9.73 Å². The standard InChI is InChI=1S/C10H12ClNO4S/c1-5-3-7(5)12-10(13)8-4-9(6(2)16-8)17(11,14)15/h4-5,7H,3H2,1-2H3,(H,12,13). The fraction of sp³-hybridized carbons (Fsp3) is 0.500. The zero-order valence-corrected chi connectivity index (χ0v) is 10.9. The van der Waals surface area contributed by atoms with E-state index in [9.17, 15) is 13.2 Å². The third kappa shape index (κ3) is 2.63. The molecule has 1 fully saturated rings. The van der Waals surface area contributed by atoms with Crippen molar-refractivity contribution in [3.8, 4) is 0 Å². The van der Waals surface area contributed by atoms with E-state index in [-0.39, 0.29) is 22.5 Å². The van der Waals surface area contributed by atoms with Gasteiger partial charge in [0.25, 0.3) is 15.0 Å². The normalized spacial score (nSPS) is 23.5. The number of furan rings is 1. The molecular formula is C10H12ClNO4S. The Morgan fingerprint density at radius 1 is 1.59 bits per heavy atom. The van der Waals surface area contributed by atoms with E-state index in [1.165, 1.54) is 6.92 Å². The summed E-state index contributed by atoms with van der Waals surface area (Å²) in [5, 5.41) is 2.74. The lowest BCUT2D eigenvalue weighted by atomic mass is 10.4. The maximum absolute atomic E-state index is 11.7. The van der Waals surface area contributed by atoms with Gasteiger partial charge in [-0.3, -0.25) is 4.79 Å². The zero-order valence-electron chi connectivity index (χ0n) is 9.36. The summed E-state index contributed by atoms with van der Waals surface area (Å²) in [5.41, 5.74) is 0. The van der Waals surface area contributed by atoms with Gasteiger partial charge in [-0.1, -0.05) is 6.92 Å². The molecule has 1 heterocycles. The van der Waals surface area contributed by atoms with Crippen LogP contribution in [0, 0.1) is 12.8 Å². The molecule has 17 heavy (non-hydrogen) atoms. The summed E-state index contributed by atoms with van der Waals surface area (Å²) in [6, 6.07) is 1.31.